The Labute approximate surface area is 113 Å². The molecule has 0 radical (unpaired) electrons. The summed E-state index contributed by atoms with van der Waals surface area (Å²) >= 11 is 0. The van der Waals surface area contributed by atoms with Crippen LogP contribution in [0.1, 0.15) is 18.1 Å². The lowest BCUT2D eigenvalue weighted by Crippen LogP contribution is -2.28. The molecule has 0 aliphatic heterocycles. The quantitative estimate of drug-likeness (QED) is 0.753. The summed E-state index contributed by atoms with van der Waals surface area (Å²) in [5.41, 5.74) is 1.68. The fraction of sp³-hybridized carbons (Fsp3) is 0.200. The molecular formula is C15H18O3P+. The fourth-order valence-corrected chi connectivity index (χ4v) is 3.06. The normalized spacial score (nSPS) is 14.9. The molecule has 19 heavy (non-hydrogen) atoms. The summed E-state index contributed by atoms with van der Waals surface area (Å²) < 4.78 is 0. The zero-order chi connectivity index (χ0) is 13.9. The Morgan fingerprint density at radius 2 is 1.32 bits per heavy atom. The van der Waals surface area contributed by atoms with E-state index >= 15 is 0 Å². The highest BCUT2D eigenvalue weighted by atomic mass is 31.2. The first-order chi connectivity index (χ1) is 8.93. The number of benzene rings is 2. The lowest BCUT2D eigenvalue weighted by Gasteiger charge is -2.29. The second-order valence-electron chi connectivity index (χ2n) is 4.87. The Morgan fingerprint density at radius 1 is 0.842 bits per heavy atom. The minimum atomic E-state index is -4.03. The van der Waals surface area contributed by atoms with Crippen LogP contribution in [0, 0.1) is 0 Å². The highest BCUT2D eigenvalue weighted by Crippen LogP contribution is 2.64. The highest BCUT2D eigenvalue weighted by molar-refractivity contribution is 7.59. The van der Waals surface area contributed by atoms with Crippen molar-refractivity contribution in [2.24, 2.45) is 0 Å². The van der Waals surface area contributed by atoms with Crippen LogP contribution in [-0.2, 0) is 11.6 Å². The van der Waals surface area contributed by atoms with Gasteiger partial charge in [-0.3, -0.25) is 0 Å². The molecule has 0 aliphatic rings. The van der Waals surface area contributed by atoms with Gasteiger partial charge in [-0.1, -0.05) is 60.7 Å². The van der Waals surface area contributed by atoms with Crippen LogP contribution < -0.4 is 0 Å². The highest BCUT2D eigenvalue weighted by Gasteiger charge is 2.55. The third-order valence-electron chi connectivity index (χ3n) is 3.45. The average molecular weight is 277 g/mol. The molecule has 1 atom stereocenters. The van der Waals surface area contributed by atoms with Crippen molar-refractivity contribution in [2.75, 3.05) is 0 Å². The molecule has 0 bridgehead atoms. The standard InChI is InChI=1S/C15H18O3P/c1-15(19(16,17)18,14-10-6-3-7-11-14)12-13-8-4-2-5-9-13/h2-11,16-18H,12H2,1H3/q+1. The molecule has 3 nitrogen and oxygen atoms in total. The van der Waals surface area contributed by atoms with E-state index in [1.54, 1.807) is 19.1 Å². The van der Waals surface area contributed by atoms with Gasteiger partial charge in [0.2, 0.25) is 0 Å². The number of rotatable bonds is 4. The summed E-state index contributed by atoms with van der Waals surface area (Å²) in [6.07, 6.45) is 0.370. The van der Waals surface area contributed by atoms with Crippen molar-refractivity contribution in [3.8, 4) is 0 Å². The van der Waals surface area contributed by atoms with E-state index in [0.717, 1.165) is 11.1 Å². The molecule has 4 heteroatoms. The first kappa shape index (κ1) is 14.2. The third kappa shape index (κ3) is 3.02. The summed E-state index contributed by atoms with van der Waals surface area (Å²) in [7, 11) is -4.03. The Balaban J connectivity index is 2.42. The maximum absolute atomic E-state index is 9.87. The Kier molecular flexibility index (Phi) is 4.02. The van der Waals surface area contributed by atoms with E-state index in [9.17, 15) is 14.7 Å². The zero-order valence-electron chi connectivity index (χ0n) is 10.8. The first-order valence-corrected chi connectivity index (χ1v) is 7.75. The van der Waals surface area contributed by atoms with Crippen molar-refractivity contribution in [3.63, 3.8) is 0 Å². The molecule has 0 heterocycles. The van der Waals surface area contributed by atoms with Gasteiger partial charge in [-0.25, -0.2) is 0 Å². The van der Waals surface area contributed by atoms with Crippen molar-refractivity contribution >= 4 is 7.94 Å². The summed E-state index contributed by atoms with van der Waals surface area (Å²) in [5.74, 6) is 0. The molecule has 0 saturated heterocycles. The molecule has 2 aromatic carbocycles. The van der Waals surface area contributed by atoms with Gasteiger partial charge in [0.15, 0.2) is 5.16 Å². The average Bonchev–Trinajstić information content (AvgIpc) is 2.39. The van der Waals surface area contributed by atoms with Gasteiger partial charge in [0, 0.05) is 12.0 Å². The Morgan fingerprint density at radius 3 is 1.79 bits per heavy atom. The van der Waals surface area contributed by atoms with E-state index in [1.165, 1.54) is 0 Å². The fourth-order valence-electron chi connectivity index (χ4n) is 2.17. The van der Waals surface area contributed by atoms with Crippen LogP contribution in [-0.4, -0.2) is 14.7 Å². The third-order valence-corrected chi connectivity index (χ3v) is 5.19. The van der Waals surface area contributed by atoms with Crippen LogP contribution >= 0.6 is 7.94 Å². The van der Waals surface area contributed by atoms with Gasteiger partial charge in [-0.15, -0.1) is 0 Å². The maximum Gasteiger partial charge on any atom is 0.414 e. The lowest BCUT2D eigenvalue weighted by molar-refractivity contribution is 0.286. The molecule has 0 fully saturated rings. The lowest BCUT2D eigenvalue weighted by atomic mass is 9.93. The van der Waals surface area contributed by atoms with Gasteiger partial charge >= 0.3 is 7.94 Å². The summed E-state index contributed by atoms with van der Waals surface area (Å²) in [5, 5.41) is -1.09. The molecule has 0 aromatic heterocycles. The Bertz CT molecular complexity index is 522. The van der Waals surface area contributed by atoms with Crippen LogP contribution in [0.25, 0.3) is 0 Å². The van der Waals surface area contributed by atoms with Crippen molar-refractivity contribution in [1.82, 2.24) is 0 Å². The molecule has 2 rings (SSSR count). The van der Waals surface area contributed by atoms with Gasteiger partial charge in [0.05, 0.1) is 0 Å². The van der Waals surface area contributed by atoms with Crippen LogP contribution in [0.3, 0.4) is 0 Å². The number of hydrogen-bond donors (Lipinski definition) is 3. The molecule has 0 amide bonds. The van der Waals surface area contributed by atoms with E-state index in [0.29, 0.717) is 6.42 Å². The second kappa shape index (κ2) is 5.40. The summed E-state index contributed by atoms with van der Waals surface area (Å²) in [6.45, 7) is 1.68. The van der Waals surface area contributed by atoms with Crippen molar-refractivity contribution in [2.45, 2.75) is 18.5 Å². The number of hydrogen-bond acceptors (Lipinski definition) is 3. The largest absolute Gasteiger partial charge is 0.414 e. The SMILES string of the molecule is CC(Cc1ccccc1)(c1ccccc1)[P+](O)(O)O. The maximum atomic E-state index is 9.87. The topological polar surface area (TPSA) is 60.7 Å². The first-order valence-electron chi connectivity index (χ1n) is 6.10. The van der Waals surface area contributed by atoms with E-state index in [1.807, 2.05) is 48.5 Å². The van der Waals surface area contributed by atoms with Crippen molar-refractivity contribution < 1.29 is 14.7 Å². The molecule has 0 aliphatic carbocycles. The van der Waals surface area contributed by atoms with Gasteiger partial charge in [-0.2, -0.15) is 14.7 Å². The van der Waals surface area contributed by atoms with Gasteiger partial charge < -0.3 is 0 Å². The van der Waals surface area contributed by atoms with E-state index < -0.39 is 13.1 Å². The summed E-state index contributed by atoms with van der Waals surface area (Å²) in [4.78, 5) is 29.6. The smallest absolute Gasteiger partial charge is 0.192 e. The second-order valence-corrected chi connectivity index (χ2v) is 6.99. The molecule has 1 unspecified atom stereocenters. The van der Waals surface area contributed by atoms with Gasteiger partial charge in [0.25, 0.3) is 0 Å². The monoisotopic (exact) mass is 277 g/mol. The molecule has 0 spiro atoms. The van der Waals surface area contributed by atoms with Crippen molar-refractivity contribution in [1.29, 1.82) is 0 Å². The molecule has 100 valence electrons. The van der Waals surface area contributed by atoms with Crippen molar-refractivity contribution in [3.05, 3.63) is 71.8 Å². The van der Waals surface area contributed by atoms with Crippen LogP contribution in [0.2, 0.25) is 0 Å². The van der Waals surface area contributed by atoms with Gasteiger partial charge in [0.1, 0.15) is 0 Å². The molecule has 3 N–H and O–H groups in total. The minimum absolute atomic E-state index is 0.370. The predicted octanol–water partition coefficient (Wildman–Crippen LogP) is 2.88. The van der Waals surface area contributed by atoms with Crippen LogP contribution in [0.15, 0.2) is 60.7 Å². The Hall–Kier alpha value is -1.25. The van der Waals surface area contributed by atoms with E-state index in [4.69, 9.17) is 0 Å². The minimum Gasteiger partial charge on any atom is -0.192 e. The van der Waals surface area contributed by atoms with E-state index in [-0.39, 0.29) is 0 Å². The van der Waals surface area contributed by atoms with Gasteiger partial charge in [-0.05, 0) is 12.5 Å². The van der Waals surface area contributed by atoms with Crippen LogP contribution in [0.5, 0.6) is 0 Å². The van der Waals surface area contributed by atoms with E-state index in [2.05, 4.69) is 0 Å². The van der Waals surface area contributed by atoms with Crippen LogP contribution in [0.4, 0.5) is 0 Å². The summed E-state index contributed by atoms with van der Waals surface area (Å²) in [6, 6.07) is 18.7. The molecular weight excluding hydrogens is 259 g/mol. The predicted molar refractivity (Wildman–Crippen MR) is 77.5 cm³/mol. The molecule has 2 aromatic rings. The zero-order valence-corrected chi connectivity index (χ0v) is 11.7. The molecule has 0 saturated carbocycles.